The summed E-state index contributed by atoms with van der Waals surface area (Å²) in [5.74, 6) is 0.343. The van der Waals surface area contributed by atoms with Gasteiger partial charge in [-0.1, -0.05) is 42.8 Å². The van der Waals surface area contributed by atoms with Crippen LogP contribution in [0.1, 0.15) is 55.2 Å². The van der Waals surface area contributed by atoms with Crippen LogP contribution in [0.4, 0.5) is 0 Å². The van der Waals surface area contributed by atoms with Crippen molar-refractivity contribution < 1.29 is 19.7 Å². The molecule has 1 aromatic carbocycles. The van der Waals surface area contributed by atoms with Crippen LogP contribution in [0.3, 0.4) is 0 Å². The largest absolute Gasteiger partial charge is 0.469 e. The lowest BCUT2D eigenvalue weighted by Gasteiger charge is -2.29. The molecule has 0 saturated heterocycles. The van der Waals surface area contributed by atoms with Gasteiger partial charge in [-0.05, 0) is 49.1 Å². The van der Waals surface area contributed by atoms with E-state index in [9.17, 15) is 15.0 Å². The average molecular weight is 332 g/mol. The van der Waals surface area contributed by atoms with Crippen LogP contribution in [-0.4, -0.2) is 35.5 Å². The van der Waals surface area contributed by atoms with Gasteiger partial charge in [-0.25, -0.2) is 0 Å². The maximum absolute atomic E-state index is 11.1. The quantitative estimate of drug-likeness (QED) is 0.753. The molecule has 0 radical (unpaired) electrons. The molecule has 4 nitrogen and oxygen atoms in total. The van der Waals surface area contributed by atoms with Crippen molar-refractivity contribution in [1.82, 2.24) is 0 Å². The van der Waals surface area contributed by atoms with E-state index in [0.29, 0.717) is 18.3 Å². The third-order valence-corrected chi connectivity index (χ3v) is 4.84. The highest BCUT2D eigenvalue weighted by Crippen LogP contribution is 2.38. The maximum Gasteiger partial charge on any atom is 0.308 e. The van der Waals surface area contributed by atoms with Crippen LogP contribution in [0.2, 0.25) is 0 Å². The number of allylic oxidation sites excluding steroid dienone is 1. The van der Waals surface area contributed by atoms with Crippen molar-refractivity contribution in [3.8, 4) is 0 Å². The second-order valence-corrected chi connectivity index (χ2v) is 6.86. The van der Waals surface area contributed by atoms with Crippen LogP contribution in [0, 0.1) is 12.8 Å². The number of carbonyl (C=O) groups is 1. The molecule has 0 heterocycles. The predicted molar refractivity (Wildman–Crippen MR) is 94.6 cm³/mol. The van der Waals surface area contributed by atoms with E-state index >= 15 is 0 Å². The van der Waals surface area contributed by atoms with Gasteiger partial charge in [0.25, 0.3) is 0 Å². The molecule has 0 fully saturated rings. The summed E-state index contributed by atoms with van der Waals surface area (Å²) in [4.78, 5) is 11.1. The molecule has 4 atom stereocenters. The molecule has 0 aliphatic heterocycles. The van der Waals surface area contributed by atoms with E-state index in [4.69, 9.17) is 0 Å². The molecule has 1 aliphatic carbocycles. The minimum Gasteiger partial charge on any atom is -0.469 e. The summed E-state index contributed by atoms with van der Waals surface area (Å²) in [7, 11) is 1.29. The lowest BCUT2D eigenvalue weighted by molar-refractivity contribution is -0.143. The fourth-order valence-corrected chi connectivity index (χ4v) is 3.43. The lowest BCUT2D eigenvalue weighted by atomic mass is 9.77. The molecule has 2 N–H and O–H groups in total. The minimum atomic E-state index is -0.855. The number of aryl methyl sites for hydroxylation is 1. The van der Waals surface area contributed by atoms with Gasteiger partial charge in [-0.3, -0.25) is 4.79 Å². The first-order valence-corrected chi connectivity index (χ1v) is 8.62. The molecule has 1 aromatic rings. The fourth-order valence-electron chi connectivity index (χ4n) is 3.43. The van der Waals surface area contributed by atoms with Gasteiger partial charge in [0.15, 0.2) is 0 Å². The topological polar surface area (TPSA) is 66.8 Å². The number of fused-ring (bicyclic) bond motifs is 1. The highest BCUT2D eigenvalue weighted by atomic mass is 16.5. The van der Waals surface area contributed by atoms with Crippen molar-refractivity contribution >= 4 is 12.0 Å². The van der Waals surface area contributed by atoms with Gasteiger partial charge in [0, 0.05) is 0 Å². The summed E-state index contributed by atoms with van der Waals surface area (Å²) in [6, 6.07) is 6.52. The second-order valence-electron chi connectivity index (χ2n) is 6.86. The number of aliphatic hydroxyl groups excluding tert-OH is 2. The van der Waals surface area contributed by atoms with Crippen LogP contribution in [-0.2, 0) is 9.53 Å². The Kier molecular flexibility index (Phi) is 6.58. The van der Waals surface area contributed by atoms with E-state index in [1.54, 1.807) is 0 Å². The number of carbonyl (C=O) groups excluding carboxylic acids is 1. The van der Waals surface area contributed by atoms with Gasteiger partial charge in [0.05, 0.1) is 25.7 Å². The Hall–Kier alpha value is -1.65. The molecule has 0 amide bonds. The number of methoxy groups -OCH3 is 1. The van der Waals surface area contributed by atoms with Crippen molar-refractivity contribution in [2.75, 3.05) is 7.11 Å². The van der Waals surface area contributed by atoms with Crippen molar-refractivity contribution in [2.24, 2.45) is 5.92 Å². The predicted octanol–water partition coefficient (Wildman–Crippen LogP) is 3.20. The Morgan fingerprint density at radius 3 is 2.75 bits per heavy atom. The molecule has 4 heteroatoms. The van der Waals surface area contributed by atoms with E-state index in [0.717, 1.165) is 6.42 Å². The van der Waals surface area contributed by atoms with Crippen LogP contribution >= 0.6 is 0 Å². The zero-order chi connectivity index (χ0) is 17.7. The molecule has 0 bridgehead atoms. The van der Waals surface area contributed by atoms with E-state index in [1.165, 1.54) is 23.8 Å². The Morgan fingerprint density at radius 2 is 2.04 bits per heavy atom. The molecule has 132 valence electrons. The standard InChI is InChI=1S/C20H28O4/c1-13-4-8-19-15(10-13)6-5-14(2)18(19)9-7-16(21)11-17(22)12-20(23)24-3/h4-6,8,10,14,16-18,21-22H,7,9,11-12H2,1-3H3. The molecule has 0 spiro atoms. The van der Waals surface area contributed by atoms with Crippen LogP contribution in [0.5, 0.6) is 0 Å². The third kappa shape index (κ3) is 4.92. The molecular formula is C20H28O4. The number of benzene rings is 1. The maximum atomic E-state index is 11.1. The summed E-state index contributed by atoms with van der Waals surface area (Å²) in [6.45, 7) is 4.29. The summed E-state index contributed by atoms with van der Waals surface area (Å²) in [5, 5.41) is 20.0. The molecule has 0 saturated carbocycles. The minimum absolute atomic E-state index is 0.0712. The average Bonchev–Trinajstić information content (AvgIpc) is 2.53. The number of ether oxygens (including phenoxy) is 1. The fraction of sp³-hybridized carbons (Fsp3) is 0.550. The highest BCUT2D eigenvalue weighted by Gasteiger charge is 2.24. The van der Waals surface area contributed by atoms with Crippen molar-refractivity contribution in [3.05, 3.63) is 41.0 Å². The smallest absolute Gasteiger partial charge is 0.308 e. The van der Waals surface area contributed by atoms with Crippen LogP contribution in [0.15, 0.2) is 24.3 Å². The van der Waals surface area contributed by atoms with E-state index in [-0.39, 0.29) is 12.8 Å². The Labute approximate surface area is 144 Å². The zero-order valence-corrected chi connectivity index (χ0v) is 14.7. The van der Waals surface area contributed by atoms with Crippen molar-refractivity contribution in [1.29, 1.82) is 0 Å². The molecule has 24 heavy (non-hydrogen) atoms. The molecule has 2 rings (SSSR count). The van der Waals surface area contributed by atoms with Crippen LogP contribution in [0.25, 0.3) is 6.08 Å². The third-order valence-electron chi connectivity index (χ3n) is 4.84. The van der Waals surface area contributed by atoms with Gasteiger partial charge >= 0.3 is 5.97 Å². The van der Waals surface area contributed by atoms with Gasteiger partial charge in [0.2, 0.25) is 0 Å². The van der Waals surface area contributed by atoms with Gasteiger partial charge in [-0.15, -0.1) is 0 Å². The first-order valence-electron chi connectivity index (χ1n) is 8.62. The zero-order valence-electron chi connectivity index (χ0n) is 14.7. The van der Waals surface area contributed by atoms with Gasteiger partial charge in [0.1, 0.15) is 0 Å². The summed E-state index contributed by atoms with van der Waals surface area (Å²) < 4.78 is 4.53. The number of hydrogen-bond acceptors (Lipinski definition) is 4. The number of rotatable bonds is 7. The normalized spacial score (nSPS) is 21.9. The van der Waals surface area contributed by atoms with Gasteiger partial charge < -0.3 is 14.9 Å². The molecule has 0 aromatic heterocycles. The molecule has 4 unspecified atom stereocenters. The number of esters is 1. The monoisotopic (exact) mass is 332 g/mol. The van der Waals surface area contributed by atoms with E-state index in [2.05, 4.69) is 48.9 Å². The first-order chi connectivity index (χ1) is 11.4. The van der Waals surface area contributed by atoms with Crippen molar-refractivity contribution in [2.45, 2.75) is 57.7 Å². The number of hydrogen-bond donors (Lipinski definition) is 2. The van der Waals surface area contributed by atoms with Gasteiger partial charge in [-0.2, -0.15) is 0 Å². The summed E-state index contributed by atoms with van der Waals surface area (Å²) in [5.41, 5.74) is 3.84. The first kappa shape index (κ1) is 18.7. The van der Waals surface area contributed by atoms with Crippen molar-refractivity contribution in [3.63, 3.8) is 0 Å². The molecular weight excluding hydrogens is 304 g/mol. The lowest BCUT2D eigenvalue weighted by Crippen LogP contribution is -2.22. The van der Waals surface area contributed by atoms with E-state index in [1.807, 2.05) is 0 Å². The second kappa shape index (κ2) is 8.45. The highest BCUT2D eigenvalue weighted by molar-refractivity contribution is 5.69. The van der Waals surface area contributed by atoms with E-state index < -0.39 is 18.2 Å². The Bertz CT molecular complexity index is 593. The number of aliphatic hydroxyl groups is 2. The summed E-state index contributed by atoms with van der Waals surface area (Å²) in [6.07, 6.45) is 4.53. The van der Waals surface area contributed by atoms with Crippen LogP contribution < -0.4 is 0 Å². The Balaban J connectivity index is 1.91. The molecule has 1 aliphatic rings. The SMILES string of the molecule is COC(=O)CC(O)CC(O)CCC1c2ccc(C)cc2C=CC1C. The summed E-state index contributed by atoms with van der Waals surface area (Å²) >= 11 is 0. The Morgan fingerprint density at radius 1 is 1.29 bits per heavy atom.